The molecule has 4 rings (SSSR count). The van der Waals surface area contributed by atoms with Crippen molar-refractivity contribution in [2.24, 2.45) is 11.7 Å². The van der Waals surface area contributed by atoms with Crippen molar-refractivity contribution in [2.75, 3.05) is 13.7 Å². The molecular weight excluding hydrogens is 507 g/mol. The van der Waals surface area contributed by atoms with Gasteiger partial charge < -0.3 is 15.8 Å². The molecule has 0 saturated carbocycles. The first-order valence-electron chi connectivity index (χ1n) is 11.3. The van der Waals surface area contributed by atoms with E-state index >= 15 is 0 Å². The van der Waals surface area contributed by atoms with Crippen LogP contribution in [0.2, 0.25) is 0 Å². The molecule has 0 spiro atoms. The molecule has 0 radical (unpaired) electrons. The molecule has 2 heterocycles. The van der Waals surface area contributed by atoms with E-state index in [2.05, 4.69) is 10.4 Å². The number of hydrogen-bond acceptors (Lipinski definition) is 6. The highest BCUT2D eigenvalue weighted by molar-refractivity contribution is 7.98. The number of benzene rings is 2. The van der Waals surface area contributed by atoms with Gasteiger partial charge in [-0.1, -0.05) is 36.4 Å². The molecule has 4 N–H and O–H groups in total. The molecule has 1 aliphatic rings. The molecule has 1 saturated heterocycles. The zero-order chi connectivity index (χ0) is 26.7. The fraction of sp³-hybridized carbons (Fsp3) is 0.280. The lowest BCUT2D eigenvalue weighted by atomic mass is 9.83. The van der Waals surface area contributed by atoms with Gasteiger partial charge in [-0.2, -0.15) is 23.0 Å². The highest BCUT2D eigenvalue weighted by atomic mass is 32.2. The van der Waals surface area contributed by atoms with E-state index in [1.54, 1.807) is 48.5 Å². The summed E-state index contributed by atoms with van der Waals surface area (Å²) in [7, 11) is 1.42. The summed E-state index contributed by atoms with van der Waals surface area (Å²) in [5, 5.41) is 14.7. The number of carbonyl (C=O) groups is 2. The first-order valence-corrected chi connectivity index (χ1v) is 12.2. The maximum absolute atomic E-state index is 13.8. The number of nitrogens with one attached hydrogen (secondary N) is 2. The van der Waals surface area contributed by atoms with Crippen LogP contribution < -0.4 is 15.8 Å². The molecule has 12 heteroatoms. The summed E-state index contributed by atoms with van der Waals surface area (Å²) in [5.41, 5.74) is 7.19. The number of para-hydroxylation sites is 1. The van der Waals surface area contributed by atoms with Gasteiger partial charge in [-0.15, -0.1) is 11.8 Å². The predicted octanol–water partition coefficient (Wildman–Crippen LogP) is 3.94. The third-order valence-corrected chi connectivity index (χ3v) is 7.15. The molecule has 2 aromatic carbocycles. The van der Waals surface area contributed by atoms with Gasteiger partial charge in [-0.3, -0.25) is 15.0 Å². The number of hydrogen-bond donors (Lipinski definition) is 3. The smallest absolute Gasteiger partial charge is 0.393 e. The number of ether oxygens (including phenoxy) is 1. The Morgan fingerprint density at radius 1 is 1.24 bits per heavy atom. The summed E-state index contributed by atoms with van der Waals surface area (Å²) in [6, 6.07) is 14.9. The number of amides is 1. The summed E-state index contributed by atoms with van der Waals surface area (Å²) in [4.78, 5) is 25.2. The second kappa shape index (κ2) is 10.7. The maximum atomic E-state index is 13.8. The lowest BCUT2D eigenvalue weighted by molar-refractivity contribution is -0.188. The highest BCUT2D eigenvalue weighted by Crippen LogP contribution is 2.42. The number of thioether (sulfide) groups is 1. The molecule has 3 aromatic rings. The Hall–Kier alpha value is -3.80. The average Bonchev–Trinajstić information content (AvgIpc) is 3.30. The number of aromatic nitrogens is 2. The minimum absolute atomic E-state index is 0.0666. The maximum Gasteiger partial charge on any atom is 0.393 e. The zero-order valence-corrected chi connectivity index (χ0v) is 20.5. The number of nitrogens with zero attached hydrogens (tertiary/aromatic N) is 2. The predicted molar refractivity (Wildman–Crippen MR) is 132 cm³/mol. The van der Waals surface area contributed by atoms with Crippen molar-refractivity contribution in [3.05, 3.63) is 77.0 Å². The fourth-order valence-corrected chi connectivity index (χ4v) is 5.08. The standard InChI is InChI=1S/C25H24F3N5O3S/c1-36-20-5-3-2-4-16(20)24(35)33-22(37-13-14-6-8-15(9-7-14)23(29)30)11-19(32-33)17-12-31-21(34)10-18(17)25(26,27)28/h2-9,11,17-18H,10,12-13H2,1H3,(H3,29,30)(H,31,34). The second-order valence-electron chi connectivity index (χ2n) is 8.49. The van der Waals surface area contributed by atoms with Crippen LogP contribution in [0.4, 0.5) is 13.2 Å². The van der Waals surface area contributed by atoms with E-state index < -0.39 is 36.2 Å². The Morgan fingerprint density at radius 3 is 2.59 bits per heavy atom. The van der Waals surface area contributed by atoms with E-state index in [9.17, 15) is 22.8 Å². The molecule has 1 aromatic heterocycles. The topological polar surface area (TPSA) is 123 Å². The molecule has 37 heavy (non-hydrogen) atoms. The van der Waals surface area contributed by atoms with Crippen LogP contribution >= 0.6 is 11.8 Å². The van der Waals surface area contributed by atoms with E-state index in [-0.39, 0.29) is 23.6 Å². The number of alkyl halides is 3. The number of nitrogen functional groups attached to an aromatic ring is 1. The van der Waals surface area contributed by atoms with Crippen LogP contribution in [0.5, 0.6) is 5.75 Å². The van der Waals surface area contributed by atoms with E-state index in [1.165, 1.54) is 24.9 Å². The molecule has 1 amide bonds. The van der Waals surface area contributed by atoms with Gasteiger partial charge in [0.25, 0.3) is 5.91 Å². The molecule has 0 aliphatic carbocycles. The minimum atomic E-state index is -4.61. The Morgan fingerprint density at radius 2 is 1.95 bits per heavy atom. The van der Waals surface area contributed by atoms with Crippen LogP contribution in [0.25, 0.3) is 0 Å². The average molecular weight is 532 g/mol. The lowest BCUT2D eigenvalue weighted by Crippen LogP contribution is -2.45. The SMILES string of the molecule is COc1ccccc1C(=O)n1nc(C2CNC(=O)CC2C(F)(F)F)cc1SCc1ccc(C(=N)N)cc1. The van der Waals surface area contributed by atoms with Crippen LogP contribution in [0, 0.1) is 11.3 Å². The van der Waals surface area contributed by atoms with Crippen LogP contribution in [0.1, 0.15) is 39.5 Å². The van der Waals surface area contributed by atoms with Gasteiger partial charge in [0.1, 0.15) is 16.6 Å². The molecule has 8 nitrogen and oxygen atoms in total. The molecule has 0 bridgehead atoms. The Balaban J connectivity index is 1.70. The van der Waals surface area contributed by atoms with Crippen molar-refractivity contribution >= 4 is 29.4 Å². The number of amidine groups is 1. The van der Waals surface area contributed by atoms with Crippen LogP contribution in [-0.2, 0) is 10.5 Å². The molecule has 1 aliphatic heterocycles. The van der Waals surface area contributed by atoms with Gasteiger partial charge in [0.2, 0.25) is 5.91 Å². The zero-order valence-electron chi connectivity index (χ0n) is 19.7. The quantitative estimate of drug-likeness (QED) is 0.241. The van der Waals surface area contributed by atoms with E-state index in [0.717, 1.165) is 10.2 Å². The van der Waals surface area contributed by atoms with Gasteiger partial charge in [-0.05, 0) is 23.8 Å². The van der Waals surface area contributed by atoms with Crippen molar-refractivity contribution < 1.29 is 27.5 Å². The van der Waals surface area contributed by atoms with Gasteiger partial charge in [0.15, 0.2) is 0 Å². The first-order chi connectivity index (χ1) is 17.6. The van der Waals surface area contributed by atoms with Crippen molar-refractivity contribution in [2.45, 2.75) is 29.3 Å². The van der Waals surface area contributed by atoms with Crippen LogP contribution in [0.3, 0.4) is 0 Å². The van der Waals surface area contributed by atoms with Gasteiger partial charge >= 0.3 is 6.18 Å². The van der Waals surface area contributed by atoms with Crippen molar-refractivity contribution in [3.8, 4) is 5.75 Å². The van der Waals surface area contributed by atoms with E-state index in [1.807, 2.05) is 0 Å². The van der Waals surface area contributed by atoms with Crippen LogP contribution in [-0.4, -0.2) is 47.3 Å². The lowest BCUT2D eigenvalue weighted by Gasteiger charge is -2.31. The molecule has 1 fully saturated rings. The largest absolute Gasteiger partial charge is 0.496 e. The van der Waals surface area contributed by atoms with E-state index in [0.29, 0.717) is 22.1 Å². The summed E-state index contributed by atoms with van der Waals surface area (Å²) >= 11 is 1.23. The van der Waals surface area contributed by atoms with Crippen LogP contribution in [0.15, 0.2) is 59.6 Å². The molecular formula is C25H24F3N5O3S. The minimum Gasteiger partial charge on any atom is -0.496 e. The summed E-state index contributed by atoms with van der Waals surface area (Å²) in [6.07, 6.45) is -5.31. The van der Waals surface area contributed by atoms with Gasteiger partial charge in [0, 0.05) is 30.2 Å². The summed E-state index contributed by atoms with van der Waals surface area (Å²) in [6.45, 7) is -0.237. The number of carbonyl (C=O) groups excluding carboxylic acids is 2. The Kier molecular flexibility index (Phi) is 7.58. The summed E-state index contributed by atoms with van der Waals surface area (Å²) in [5.74, 6) is -3.66. The molecule has 2 unspecified atom stereocenters. The Bertz CT molecular complexity index is 1320. The second-order valence-corrected chi connectivity index (χ2v) is 9.48. The third kappa shape index (κ3) is 5.79. The fourth-order valence-electron chi connectivity index (χ4n) is 4.12. The van der Waals surface area contributed by atoms with Gasteiger partial charge in [0.05, 0.1) is 24.3 Å². The van der Waals surface area contributed by atoms with E-state index in [4.69, 9.17) is 15.9 Å². The first kappa shape index (κ1) is 26.3. The third-order valence-electron chi connectivity index (χ3n) is 6.09. The van der Waals surface area contributed by atoms with Gasteiger partial charge in [-0.25, -0.2) is 0 Å². The monoisotopic (exact) mass is 531 g/mol. The van der Waals surface area contributed by atoms with Crippen molar-refractivity contribution in [3.63, 3.8) is 0 Å². The van der Waals surface area contributed by atoms with Crippen molar-refractivity contribution in [1.82, 2.24) is 15.1 Å². The number of nitrogens with two attached hydrogens (primary N) is 1. The Labute approximate surface area is 214 Å². The van der Waals surface area contributed by atoms with Crippen molar-refractivity contribution in [1.29, 1.82) is 5.41 Å². The molecule has 194 valence electrons. The molecule has 2 atom stereocenters. The number of rotatable bonds is 7. The number of halogens is 3. The highest BCUT2D eigenvalue weighted by Gasteiger charge is 2.49. The number of piperidine rings is 1. The number of methoxy groups -OCH3 is 1. The summed E-state index contributed by atoms with van der Waals surface area (Å²) < 4.78 is 47.8. The normalized spacial score (nSPS) is 17.8.